The zero-order valence-electron chi connectivity index (χ0n) is 37.4. The molecule has 0 unspecified atom stereocenters. The summed E-state index contributed by atoms with van der Waals surface area (Å²) in [5.74, 6) is -1.95. The van der Waals surface area contributed by atoms with Crippen LogP contribution in [0.5, 0.6) is 0 Å². The van der Waals surface area contributed by atoms with Gasteiger partial charge in [-0.25, -0.2) is 13.1 Å². The average Bonchev–Trinajstić information content (AvgIpc) is 3.61. The summed E-state index contributed by atoms with van der Waals surface area (Å²) >= 11 is 0. The lowest BCUT2D eigenvalue weighted by molar-refractivity contribution is -0.211. The molecule has 0 radical (unpaired) electrons. The monoisotopic (exact) mass is 910 g/mol. The third-order valence-electron chi connectivity index (χ3n) is 11.5. The van der Waals surface area contributed by atoms with E-state index in [1.807, 2.05) is 0 Å². The maximum Gasteiger partial charge on any atom is 0.303 e. The van der Waals surface area contributed by atoms with Crippen LogP contribution in [0.15, 0.2) is 46.4 Å². The Kier molecular flexibility index (Phi) is 16.4. The van der Waals surface area contributed by atoms with Crippen LogP contribution in [0.2, 0.25) is 36.3 Å². The fraction of sp³-hybridized carbons (Fsp3) is 0.675. The highest BCUT2D eigenvalue weighted by Gasteiger charge is 2.56. The van der Waals surface area contributed by atoms with Gasteiger partial charge in [-0.3, -0.25) is 14.4 Å². The number of hydrogen-bond acceptors (Lipinski definition) is 15. The van der Waals surface area contributed by atoms with Gasteiger partial charge in [-0.15, -0.1) is 0 Å². The van der Waals surface area contributed by atoms with Crippen molar-refractivity contribution < 1.29 is 64.8 Å². The van der Waals surface area contributed by atoms with Gasteiger partial charge in [0.25, 0.3) is 0 Å². The maximum atomic E-state index is 13.7. The first-order valence-electron chi connectivity index (χ1n) is 20.1. The van der Waals surface area contributed by atoms with Crippen LogP contribution >= 0.6 is 0 Å². The van der Waals surface area contributed by atoms with Crippen molar-refractivity contribution >= 4 is 61.0 Å². The molecule has 61 heavy (non-hydrogen) atoms. The number of esters is 3. The number of ether oxygens (including phenoxy) is 7. The van der Waals surface area contributed by atoms with E-state index in [2.05, 4.69) is 82.5 Å². The number of benzene rings is 2. The number of nitrogens with one attached hydrogen (secondary N) is 1. The van der Waals surface area contributed by atoms with E-state index in [9.17, 15) is 22.8 Å². The number of azide groups is 1. The summed E-state index contributed by atoms with van der Waals surface area (Å²) < 4.78 is 85.6. The second-order valence-electron chi connectivity index (χ2n) is 18.1. The summed E-state index contributed by atoms with van der Waals surface area (Å²) in [6.45, 7) is 23.8. The van der Waals surface area contributed by atoms with Crippen LogP contribution in [-0.4, -0.2) is 119 Å². The largest absolute Gasteiger partial charge is 0.463 e. The molecule has 2 aromatic carbocycles. The van der Waals surface area contributed by atoms with Crippen LogP contribution in [-0.2, 0) is 66.4 Å². The molecule has 2 aromatic rings. The number of rotatable bonds is 18. The molecule has 4 rings (SSSR count). The number of fused-ring (bicyclic) bond motifs is 1. The van der Waals surface area contributed by atoms with Gasteiger partial charge < -0.3 is 42.0 Å². The highest BCUT2D eigenvalue weighted by atomic mass is 32.2. The van der Waals surface area contributed by atoms with Gasteiger partial charge in [-0.1, -0.05) is 77.0 Å². The lowest BCUT2D eigenvalue weighted by Gasteiger charge is -2.44. The van der Waals surface area contributed by atoms with Crippen molar-refractivity contribution in [2.45, 2.75) is 153 Å². The number of carbonyl (C=O) groups excluding carboxylic acids is 3. The fourth-order valence-corrected chi connectivity index (χ4v) is 10.2. The molecule has 0 aromatic heterocycles. The zero-order chi connectivity index (χ0) is 45.7. The number of carbonyl (C=O) groups is 3. The van der Waals surface area contributed by atoms with Gasteiger partial charge in [-0.2, -0.15) is 0 Å². The Morgan fingerprint density at radius 2 is 1.26 bits per heavy atom. The summed E-state index contributed by atoms with van der Waals surface area (Å²) in [6, 6.07) is 9.58. The van der Waals surface area contributed by atoms with Crippen LogP contribution < -0.4 is 4.72 Å². The first-order valence-corrected chi connectivity index (χ1v) is 27.4. The Morgan fingerprint density at radius 3 is 1.82 bits per heavy atom. The normalized spacial score (nSPS) is 24.9. The van der Waals surface area contributed by atoms with Crippen molar-refractivity contribution in [3.05, 3.63) is 46.8 Å². The summed E-state index contributed by atoms with van der Waals surface area (Å²) in [5, 5.41) is 4.09. The molecule has 2 heterocycles. The van der Waals surface area contributed by atoms with E-state index < -0.39 is 93.8 Å². The molecule has 0 spiro atoms. The molecule has 0 saturated carbocycles. The highest BCUT2D eigenvalue weighted by Crippen LogP contribution is 2.44. The molecule has 0 bridgehead atoms. The molecular formula is C40H62N4O14SSi2. The van der Waals surface area contributed by atoms with E-state index >= 15 is 0 Å². The predicted molar refractivity (Wildman–Crippen MR) is 229 cm³/mol. The Morgan fingerprint density at radius 1 is 0.738 bits per heavy atom. The SMILES string of the molecule is CC(=O)OC[C@H]1O[C@H](OC[C@H]2O[C@H](OCCNS(=O)(=O)c3cccc4c(N=[N+]=[N-])cccc34)[C@@H](O[Si](C)(C)C(C)(C)C)[C@@H]2O[Si](C)(C)C(C)(C)C)[C@@H](OC(C)=O)[C@@H]1OC(C)=O. The zero-order valence-corrected chi connectivity index (χ0v) is 40.2. The topological polar surface area (TPSA) is 229 Å². The van der Waals surface area contributed by atoms with Crippen LogP contribution in [0.1, 0.15) is 62.3 Å². The third-order valence-corrected chi connectivity index (χ3v) is 21.9. The average molecular weight is 911 g/mol. The molecule has 0 aliphatic carbocycles. The molecule has 18 nitrogen and oxygen atoms in total. The Labute approximate surface area is 360 Å². The van der Waals surface area contributed by atoms with E-state index in [1.165, 1.54) is 26.8 Å². The molecule has 2 fully saturated rings. The van der Waals surface area contributed by atoms with Crippen LogP contribution in [0, 0.1) is 0 Å². The van der Waals surface area contributed by atoms with Gasteiger partial charge in [-0.05, 0) is 53.2 Å². The molecule has 0 amide bonds. The summed E-state index contributed by atoms with van der Waals surface area (Å²) in [4.78, 5) is 39.0. The minimum Gasteiger partial charge on any atom is -0.463 e. The van der Waals surface area contributed by atoms with E-state index in [1.54, 1.807) is 30.3 Å². The summed E-state index contributed by atoms with van der Waals surface area (Å²) in [7, 11) is -9.22. The van der Waals surface area contributed by atoms with Crippen molar-refractivity contribution in [2.24, 2.45) is 5.11 Å². The van der Waals surface area contributed by atoms with Gasteiger partial charge in [0.15, 0.2) is 41.4 Å². The molecule has 2 saturated heterocycles. The Hall–Kier alpha value is -3.48. The van der Waals surface area contributed by atoms with Gasteiger partial charge in [0, 0.05) is 43.3 Å². The number of sulfonamides is 1. The minimum absolute atomic E-state index is 0.00326. The van der Waals surface area contributed by atoms with Crippen molar-refractivity contribution in [2.75, 3.05) is 26.4 Å². The highest BCUT2D eigenvalue weighted by molar-refractivity contribution is 7.89. The van der Waals surface area contributed by atoms with Crippen molar-refractivity contribution in [3.8, 4) is 0 Å². The van der Waals surface area contributed by atoms with Crippen molar-refractivity contribution in [1.29, 1.82) is 0 Å². The van der Waals surface area contributed by atoms with Crippen LogP contribution in [0.4, 0.5) is 5.69 Å². The first-order chi connectivity index (χ1) is 28.2. The third kappa shape index (κ3) is 12.6. The van der Waals surface area contributed by atoms with Crippen LogP contribution in [0.25, 0.3) is 21.2 Å². The number of nitrogens with zero attached hydrogens (tertiary/aromatic N) is 3. The molecular weight excluding hydrogens is 849 g/mol. The van der Waals surface area contributed by atoms with E-state index in [-0.39, 0.29) is 41.3 Å². The lowest BCUT2D eigenvalue weighted by Crippen LogP contribution is -2.55. The minimum atomic E-state index is -4.07. The lowest BCUT2D eigenvalue weighted by atomic mass is 10.1. The van der Waals surface area contributed by atoms with E-state index in [4.69, 9.17) is 47.5 Å². The van der Waals surface area contributed by atoms with Crippen molar-refractivity contribution in [1.82, 2.24) is 4.72 Å². The van der Waals surface area contributed by atoms with Crippen LogP contribution in [0.3, 0.4) is 0 Å². The second-order valence-corrected chi connectivity index (χ2v) is 29.4. The van der Waals surface area contributed by atoms with Crippen molar-refractivity contribution in [3.63, 3.8) is 0 Å². The van der Waals surface area contributed by atoms with Gasteiger partial charge >= 0.3 is 17.9 Å². The fourth-order valence-electron chi connectivity index (χ4n) is 6.32. The van der Waals surface area contributed by atoms with Gasteiger partial charge in [0.05, 0.1) is 18.1 Å². The summed E-state index contributed by atoms with van der Waals surface area (Å²) in [6.07, 6.45) is -8.15. The second kappa shape index (κ2) is 19.9. The Bertz CT molecular complexity index is 2050. The Balaban J connectivity index is 1.64. The summed E-state index contributed by atoms with van der Waals surface area (Å²) in [5.41, 5.74) is 9.31. The smallest absolute Gasteiger partial charge is 0.303 e. The molecule has 2 aliphatic heterocycles. The molecule has 1 N–H and O–H groups in total. The first kappa shape index (κ1) is 50.2. The maximum absolute atomic E-state index is 13.7. The molecule has 8 atom stereocenters. The molecule has 340 valence electrons. The standard InChI is InChI=1S/C40H62N4O14SSi2/c1-24(45)51-22-30-33(53-25(2)46)35(54-26(3)47)37(55-30)52-23-31-34(57-60(10,11)39(4,5)6)36(58-61(12,13)40(7,8)9)38(56-31)50-21-20-42-59(48,49)32-19-15-16-27-28(32)17-14-18-29(27)43-44-41/h14-19,30-31,33-38,42H,20-23H2,1-13H3/t30-,31-,33-,34-,35+,36+,37+,38+/m1/s1. The van der Waals surface area contributed by atoms with E-state index in [0.29, 0.717) is 16.5 Å². The number of hydrogen-bond donors (Lipinski definition) is 1. The predicted octanol–water partition coefficient (Wildman–Crippen LogP) is 6.75. The molecule has 21 heteroatoms. The van der Waals surface area contributed by atoms with Gasteiger partial charge in [0.1, 0.15) is 31.0 Å². The van der Waals surface area contributed by atoms with E-state index in [0.717, 1.165) is 0 Å². The molecule has 2 aliphatic rings. The van der Waals surface area contributed by atoms with Gasteiger partial charge in [0.2, 0.25) is 10.0 Å². The quantitative estimate of drug-likeness (QED) is 0.0310.